The van der Waals surface area contributed by atoms with Crippen LogP contribution in [0.15, 0.2) is 47.4 Å². The van der Waals surface area contributed by atoms with Crippen LogP contribution in [0.1, 0.15) is 23.2 Å². The zero-order valence-electron chi connectivity index (χ0n) is 18.1. The minimum atomic E-state index is -3.70. The van der Waals surface area contributed by atoms with Crippen molar-refractivity contribution in [2.24, 2.45) is 0 Å². The van der Waals surface area contributed by atoms with Gasteiger partial charge < -0.3 is 19.5 Å². The monoisotopic (exact) mass is 489 g/mol. The summed E-state index contributed by atoms with van der Waals surface area (Å²) in [6.07, 6.45) is 1.58. The van der Waals surface area contributed by atoms with Crippen LogP contribution in [0.25, 0.3) is 0 Å². The molecular formula is C22H23N3O8S. The van der Waals surface area contributed by atoms with Crippen molar-refractivity contribution in [3.05, 3.63) is 48.0 Å². The van der Waals surface area contributed by atoms with Crippen LogP contribution in [-0.2, 0) is 19.6 Å². The van der Waals surface area contributed by atoms with E-state index in [-0.39, 0.29) is 10.5 Å². The average Bonchev–Trinajstić information content (AvgIpc) is 3.38. The van der Waals surface area contributed by atoms with Crippen LogP contribution in [0, 0.1) is 0 Å². The van der Waals surface area contributed by atoms with E-state index in [9.17, 15) is 22.8 Å². The van der Waals surface area contributed by atoms with Crippen molar-refractivity contribution in [2.45, 2.75) is 17.7 Å². The molecule has 0 atom stereocenters. The molecule has 0 aliphatic carbocycles. The summed E-state index contributed by atoms with van der Waals surface area (Å²) < 4.78 is 42.5. The Morgan fingerprint density at radius 2 is 1.71 bits per heavy atom. The Morgan fingerprint density at radius 1 is 0.971 bits per heavy atom. The Kier molecular flexibility index (Phi) is 6.98. The molecule has 2 aliphatic heterocycles. The third kappa shape index (κ3) is 5.46. The summed E-state index contributed by atoms with van der Waals surface area (Å²) in [5, 5.41) is 4.52. The van der Waals surface area contributed by atoms with E-state index in [0.29, 0.717) is 43.5 Å². The number of ether oxygens (including phenoxy) is 3. The number of amides is 3. The second-order valence-electron chi connectivity index (χ2n) is 7.58. The molecule has 0 saturated carbocycles. The fraction of sp³-hybridized carbons (Fsp3) is 0.318. The van der Waals surface area contributed by atoms with Gasteiger partial charge in [-0.25, -0.2) is 18.0 Å². The number of urea groups is 1. The molecule has 34 heavy (non-hydrogen) atoms. The lowest BCUT2D eigenvalue weighted by Crippen LogP contribution is -2.37. The number of hydrogen-bond donors (Lipinski definition) is 2. The molecule has 0 spiro atoms. The number of esters is 1. The molecule has 2 heterocycles. The van der Waals surface area contributed by atoms with E-state index < -0.39 is 34.5 Å². The van der Waals surface area contributed by atoms with Gasteiger partial charge in [0.25, 0.3) is 5.91 Å². The standard InChI is InChI=1S/C22H23N3O8S/c26-20(24-22(28)23-16-6-7-18-19(13-16)32-11-10-31-18)14-33-21(27)15-4-3-5-17(12-15)34(29,30)25-8-1-2-9-25/h3-7,12-13H,1-2,8-11,14H2,(H2,23,24,26,28). The van der Waals surface area contributed by atoms with Gasteiger partial charge in [-0.2, -0.15) is 4.31 Å². The summed E-state index contributed by atoms with van der Waals surface area (Å²) in [5.41, 5.74) is 0.358. The van der Waals surface area contributed by atoms with Gasteiger partial charge in [0, 0.05) is 24.8 Å². The first-order valence-corrected chi connectivity index (χ1v) is 12.0. The lowest BCUT2D eigenvalue weighted by molar-refractivity contribution is -0.123. The number of carbonyl (C=O) groups excluding carboxylic acids is 3. The van der Waals surface area contributed by atoms with E-state index in [4.69, 9.17) is 14.2 Å². The first-order chi connectivity index (χ1) is 16.3. The minimum Gasteiger partial charge on any atom is -0.486 e. The summed E-state index contributed by atoms with van der Waals surface area (Å²) >= 11 is 0. The summed E-state index contributed by atoms with van der Waals surface area (Å²) in [7, 11) is -3.70. The van der Waals surface area contributed by atoms with Gasteiger partial charge in [-0.15, -0.1) is 0 Å². The maximum atomic E-state index is 12.7. The van der Waals surface area contributed by atoms with Gasteiger partial charge in [0.15, 0.2) is 18.1 Å². The summed E-state index contributed by atoms with van der Waals surface area (Å²) in [5.74, 6) is -0.721. The van der Waals surface area contributed by atoms with Gasteiger partial charge in [0.2, 0.25) is 10.0 Å². The topological polar surface area (TPSA) is 140 Å². The van der Waals surface area contributed by atoms with E-state index in [0.717, 1.165) is 12.8 Å². The Balaban J connectivity index is 1.29. The first kappa shape index (κ1) is 23.5. The molecule has 0 aromatic heterocycles. The highest BCUT2D eigenvalue weighted by Crippen LogP contribution is 2.32. The van der Waals surface area contributed by atoms with E-state index in [2.05, 4.69) is 5.32 Å². The van der Waals surface area contributed by atoms with Crippen LogP contribution >= 0.6 is 0 Å². The Labute approximate surface area is 196 Å². The lowest BCUT2D eigenvalue weighted by Gasteiger charge is -2.19. The highest BCUT2D eigenvalue weighted by molar-refractivity contribution is 7.89. The molecule has 1 saturated heterocycles. The van der Waals surface area contributed by atoms with Gasteiger partial charge in [0.05, 0.1) is 10.5 Å². The van der Waals surface area contributed by atoms with Crippen LogP contribution in [0.2, 0.25) is 0 Å². The normalized spacial score (nSPS) is 15.4. The van der Waals surface area contributed by atoms with Crippen molar-refractivity contribution in [3.8, 4) is 11.5 Å². The Bertz CT molecular complexity index is 1210. The zero-order chi connectivity index (χ0) is 24.1. The van der Waals surface area contributed by atoms with Gasteiger partial charge in [0.1, 0.15) is 13.2 Å². The van der Waals surface area contributed by atoms with Crippen LogP contribution in [0.4, 0.5) is 10.5 Å². The van der Waals surface area contributed by atoms with Crippen LogP contribution in [0.5, 0.6) is 11.5 Å². The molecule has 3 amide bonds. The Hall–Kier alpha value is -3.64. The van der Waals surface area contributed by atoms with Gasteiger partial charge in [-0.3, -0.25) is 10.1 Å². The second-order valence-corrected chi connectivity index (χ2v) is 9.51. The highest BCUT2D eigenvalue weighted by atomic mass is 32.2. The summed E-state index contributed by atoms with van der Waals surface area (Å²) in [4.78, 5) is 36.4. The summed E-state index contributed by atoms with van der Waals surface area (Å²) in [6.45, 7) is 0.971. The molecule has 1 fully saturated rings. The molecule has 2 aliphatic rings. The van der Waals surface area contributed by atoms with Crippen LogP contribution < -0.4 is 20.1 Å². The molecule has 4 rings (SSSR count). The van der Waals surface area contributed by atoms with Gasteiger partial charge in [-0.05, 0) is 43.2 Å². The van der Waals surface area contributed by atoms with Gasteiger partial charge >= 0.3 is 12.0 Å². The number of anilines is 1. The molecule has 12 heteroatoms. The van der Waals surface area contributed by atoms with Gasteiger partial charge in [-0.1, -0.05) is 6.07 Å². The number of rotatable bonds is 6. The molecule has 2 N–H and O–H groups in total. The van der Waals surface area contributed by atoms with Crippen LogP contribution in [-0.4, -0.2) is 63.5 Å². The number of nitrogens with one attached hydrogen (secondary N) is 2. The fourth-order valence-corrected chi connectivity index (χ4v) is 5.09. The number of imide groups is 1. The van der Waals surface area contributed by atoms with Crippen molar-refractivity contribution in [2.75, 3.05) is 38.2 Å². The molecule has 0 unspecified atom stereocenters. The SMILES string of the molecule is O=C(COC(=O)c1cccc(S(=O)(=O)N2CCCC2)c1)NC(=O)Nc1ccc2c(c1)OCCO2. The third-order valence-electron chi connectivity index (χ3n) is 5.16. The number of hydrogen-bond acceptors (Lipinski definition) is 8. The Morgan fingerprint density at radius 3 is 2.47 bits per heavy atom. The minimum absolute atomic E-state index is 0.0196. The number of fused-ring (bicyclic) bond motifs is 1. The van der Waals surface area contributed by atoms with Crippen molar-refractivity contribution < 1.29 is 37.0 Å². The molecule has 180 valence electrons. The summed E-state index contributed by atoms with van der Waals surface area (Å²) in [6, 6.07) is 9.38. The maximum Gasteiger partial charge on any atom is 0.338 e. The van der Waals surface area contributed by atoms with Crippen molar-refractivity contribution in [1.29, 1.82) is 0 Å². The maximum absolute atomic E-state index is 12.7. The smallest absolute Gasteiger partial charge is 0.338 e. The number of sulfonamides is 1. The van der Waals surface area contributed by atoms with E-state index in [1.54, 1.807) is 18.2 Å². The number of carbonyl (C=O) groups is 3. The molecule has 0 bridgehead atoms. The number of benzene rings is 2. The third-order valence-corrected chi connectivity index (χ3v) is 7.05. The van der Waals surface area contributed by atoms with E-state index >= 15 is 0 Å². The fourth-order valence-electron chi connectivity index (χ4n) is 3.52. The quantitative estimate of drug-likeness (QED) is 0.585. The van der Waals surface area contributed by atoms with E-state index in [1.165, 1.54) is 28.6 Å². The predicted octanol–water partition coefficient (Wildman–Crippen LogP) is 1.75. The first-order valence-electron chi connectivity index (χ1n) is 10.6. The average molecular weight is 490 g/mol. The lowest BCUT2D eigenvalue weighted by atomic mass is 10.2. The molecule has 2 aromatic rings. The van der Waals surface area contributed by atoms with Crippen LogP contribution in [0.3, 0.4) is 0 Å². The molecule has 0 radical (unpaired) electrons. The highest BCUT2D eigenvalue weighted by Gasteiger charge is 2.28. The molecule has 11 nitrogen and oxygen atoms in total. The van der Waals surface area contributed by atoms with E-state index in [1.807, 2.05) is 5.32 Å². The van der Waals surface area contributed by atoms with Crippen molar-refractivity contribution in [1.82, 2.24) is 9.62 Å². The van der Waals surface area contributed by atoms with Crippen molar-refractivity contribution >= 4 is 33.6 Å². The predicted molar refractivity (Wildman–Crippen MR) is 119 cm³/mol. The second kappa shape index (κ2) is 10.1. The number of nitrogens with zero attached hydrogens (tertiary/aromatic N) is 1. The van der Waals surface area contributed by atoms with Crippen molar-refractivity contribution in [3.63, 3.8) is 0 Å². The largest absolute Gasteiger partial charge is 0.486 e. The zero-order valence-corrected chi connectivity index (χ0v) is 18.9. The molecule has 2 aromatic carbocycles. The molecular weight excluding hydrogens is 466 g/mol.